The lowest BCUT2D eigenvalue weighted by Crippen LogP contribution is -2.37. The molecule has 0 atom stereocenters. The number of morpholine rings is 1. The Bertz CT molecular complexity index is 1010. The number of para-hydroxylation sites is 1. The van der Waals surface area contributed by atoms with Gasteiger partial charge in [-0.3, -0.25) is 0 Å². The third-order valence-corrected chi connectivity index (χ3v) is 5.94. The van der Waals surface area contributed by atoms with E-state index in [2.05, 4.69) is 36.0 Å². The molecule has 31 heavy (non-hydrogen) atoms. The Morgan fingerprint density at radius 3 is 2.42 bits per heavy atom. The first-order valence-corrected chi connectivity index (χ1v) is 10.7. The summed E-state index contributed by atoms with van der Waals surface area (Å²) < 4.78 is 16.4. The lowest BCUT2D eigenvalue weighted by Gasteiger charge is -2.32. The third-order valence-electron chi connectivity index (χ3n) is 5.94. The van der Waals surface area contributed by atoms with Crippen LogP contribution in [0.1, 0.15) is 24.6 Å². The topological polar surface area (TPSA) is 89.6 Å². The number of rotatable bonds is 5. The molecule has 2 aliphatic heterocycles. The van der Waals surface area contributed by atoms with Crippen LogP contribution >= 0.6 is 0 Å². The van der Waals surface area contributed by atoms with Crippen molar-refractivity contribution >= 4 is 11.6 Å². The van der Waals surface area contributed by atoms with E-state index in [1.54, 1.807) is 13.4 Å². The van der Waals surface area contributed by atoms with E-state index in [1.807, 2.05) is 24.3 Å². The fourth-order valence-electron chi connectivity index (χ4n) is 4.17. The van der Waals surface area contributed by atoms with Crippen LogP contribution in [-0.4, -0.2) is 66.6 Å². The molecule has 2 aliphatic rings. The van der Waals surface area contributed by atoms with Crippen LogP contribution in [0.3, 0.4) is 0 Å². The van der Waals surface area contributed by atoms with Crippen molar-refractivity contribution in [3.05, 3.63) is 42.5 Å². The van der Waals surface area contributed by atoms with Crippen molar-refractivity contribution in [3.63, 3.8) is 0 Å². The molecule has 9 heteroatoms. The van der Waals surface area contributed by atoms with Crippen LogP contribution < -0.4 is 14.5 Å². The summed E-state index contributed by atoms with van der Waals surface area (Å²) in [5.41, 5.74) is 0.817. The van der Waals surface area contributed by atoms with E-state index in [0.717, 1.165) is 81.0 Å². The van der Waals surface area contributed by atoms with Gasteiger partial charge in [-0.1, -0.05) is 17.3 Å². The van der Waals surface area contributed by atoms with Gasteiger partial charge in [-0.05, 0) is 25.0 Å². The third kappa shape index (κ3) is 4.18. The van der Waals surface area contributed by atoms with Crippen LogP contribution in [0.25, 0.3) is 11.5 Å². The summed E-state index contributed by atoms with van der Waals surface area (Å²) in [5.74, 6) is 4.20. The predicted molar refractivity (Wildman–Crippen MR) is 116 cm³/mol. The van der Waals surface area contributed by atoms with Gasteiger partial charge in [0.2, 0.25) is 0 Å². The summed E-state index contributed by atoms with van der Waals surface area (Å²) >= 11 is 0. The van der Waals surface area contributed by atoms with Gasteiger partial charge in [0.15, 0.2) is 5.82 Å². The van der Waals surface area contributed by atoms with Gasteiger partial charge in [0.05, 0.1) is 25.9 Å². The number of piperidine rings is 1. The molecule has 0 spiro atoms. The zero-order chi connectivity index (χ0) is 21.0. The van der Waals surface area contributed by atoms with Crippen molar-refractivity contribution in [2.75, 3.05) is 56.3 Å². The summed E-state index contributed by atoms with van der Waals surface area (Å²) in [6.07, 6.45) is 3.55. The molecule has 0 saturated carbocycles. The fourth-order valence-corrected chi connectivity index (χ4v) is 4.17. The first-order chi connectivity index (χ1) is 15.3. The Balaban J connectivity index is 1.25. The zero-order valence-corrected chi connectivity index (χ0v) is 17.6. The summed E-state index contributed by atoms with van der Waals surface area (Å²) in [6.45, 7) is 5.00. The van der Waals surface area contributed by atoms with E-state index in [9.17, 15) is 0 Å². The molecule has 162 valence electrons. The molecular formula is C22H26N6O3. The molecule has 0 bridgehead atoms. The van der Waals surface area contributed by atoms with Crippen molar-refractivity contribution < 1.29 is 14.0 Å². The van der Waals surface area contributed by atoms with Crippen LogP contribution in [-0.2, 0) is 4.74 Å². The summed E-state index contributed by atoms with van der Waals surface area (Å²) in [6, 6.07) is 9.77. The Morgan fingerprint density at radius 1 is 0.968 bits per heavy atom. The first kappa shape index (κ1) is 19.7. The second kappa shape index (κ2) is 8.89. The summed E-state index contributed by atoms with van der Waals surface area (Å²) in [5, 5.41) is 4.26. The Hall–Kier alpha value is -3.20. The van der Waals surface area contributed by atoms with Crippen molar-refractivity contribution in [2.24, 2.45) is 0 Å². The lowest BCUT2D eigenvalue weighted by molar-refractivity contribution is 0.122. The number of nitrogens with zero attached hydrogens (tertiary/aromatic N) is 6. The maximum absolute atomic E-state index is 5.55. The van der Waals surface area contributed by atoms with E-state index >= 15 is 0 Å². The molecule has 2 fully saturated rings. The average molecular weight is 422 g/mol. The van der Waals surface area contributed by atoms with Gasteiger partial charge in [0.1, 0.15) is 23.7 Å². The maximum Gasteiger partial charge on any atom is 0.261 e. The second-order valence-electron chi connectivity index (χ2n) is 7.75. The van der Waals surface area contributed by atoms with Crippen molar-refractivity contribution in [1.29, 1.82) is 0 Å². The van der Waals surface area contributed by atoms with Gasteiger partial charge in [0, 0.05) is 38.2 Å². The fraction of sp³-hybridized carbons (Fsp3) is 0.455. The van der Waals surface area contributed by atoms with Gasteiger partial charge < -0.3 is 23.8 Å². The highest BCUT2D eigenvalue weighted by molar-refractivity contribution is 5.62. The summed E-state index contributed by atoms with van der Waals surface area (Å²) in [4.78, 5) is 18.2. The molecule has 5 rings (SSSR count). The zero-order valence-electron chi connectivity index (χ0n) is 17.6. The number of anilines is 2. The van der Waals surface area contributed by atoms with E-state index in [4.69, 9.17) is 14.0 Å². The molecule has 0 radical (unpaired) electrons. The van der Waals surface area contributed by atoms with Crippen LogP contribution in [0.15, 0.2) is 41.2 Å². The molecule has 3 aromatic rings. The highest BCUT2D eigenvalue weighted by Gasteiger charge is 2.26. The van der Waals surface area contributed by atoms with Gasteiger partial charge in [0.25, 0.3) is 5.89 Å². The van der Waals surface area contributed by atoms with Crippen LogP contribution in [0.2, 0.25) is 0 Å². The second-order valence-corrected chi connectivity index (χ2v) is 7.75. The first-order valence-electron chi connectivity index (χ1n) is 10.7. The number of ether oxygens (including phenoxy) is 2. The summed E-state index contributed by atoms with van der Waals surface area (Å²) in [7, 11) is 1.64. The number of hydrogen-bond donors (Lipinski definition) is 0. The number of aromatic nitrogens is 4. The Kier molecular flexibility index (Phi) is 5.66. The lowest BCUT2D eigenvalue weighted by atomic mass is 9.96. The normalized spacial score (nSPS) is 17.7. The average Bonchev–Trinajstić information content (AvgIpc) is 3.35. The van der Waals surface area contributed by atoms with Gasteiger partial charge in [-0.2, -0.15) is 4.98 Å². The van der Waals surface area contributed by atoms with Crippen molar-refractivity contribution in [1.82, 2.24) is 20.1 Å². The largest absolute Gasteiger partial charge is 0.496 e. The van der Waals surface area contributed by atoms with E-state index < -0.39 is 0 Å². The SMILES string of the molecule is COc1ccccc1-c1nc(C2CCN(c3cc(N4CCOCC4)ncn3)CC2)no1. The minimum absolute atomic E-state index is 0.268. The molecule has 2 saturated heterocycles. The van der Waals surface area contributed by atoms with Gasteiger partial charge >= 0.3 is 0 Å². The molecule has 0 amide bonds. The van der Waals surface area contributed by atoms with E-state index in [0.29, 0.717) is 5.89 Å². The van der Waals surface area contributed by atoms with Gasteiger partial charge in [-0.25, -0.2) is 9.97 Å². The molecule has 2 aromatic heterocycles. The van der Waals surface area contributed by atoms with Gasteiger partial charge in [-0.15, -0.1) is 0 Å². The highest BCUT2D eigenvalue weighted by Crippen LogP contribution is 2.33. The number of methoxy groups -OCH3 is 1. The number of benzene rings is 1. The molecule has 1 aromatic carbocycles. The molecule has 0 unspecified atom stereocenters. The van der Waals surface area contributed by atoms with E-state index in [-0.39, 0.29) is 5.92 Å². The number of hydrogen-bond acceptors (Lipinski definition) is 9. The molecule has 0 aliphatic carbocycles. The predicted octanol–water partition coefficient (Wildman–Crippen LogP) is 2.76. The molecule has 9 nitrogen and oxygen atoms in total. The Labute approximate surface area is 181 Å². The highest BCUT2D eigenvalue weighted by atomic mass is 16.5. The standard InChI is InChI=1S/C22H26N6O3/c1-29-18-5-3-2-4-17(18)22-25-21(26-31-22)16-6-8-27(9-7-16)19-14-20(24-15-23-19)28-10-12-30-13-11-28/h2-5,14-16H,6-13H2,1H3. The van der Waals surface area contributed by atoms with Crippen molar-refractivity contribution in [2.45, 2.75) is 18.8 Å². The smallest absolute Gasteiger partial charge is 0.261 e. The molecule has 4 heterocycles. The maximum atomic E-state index is 5.55. The quantitative estimate of drug-likeness (QED) is 0.615. The van der Waals surface area contributed by atoms with Crippen LogP contribution in [0.4, 0.5) is 11.6 Å². The van der Waals surface area contributed by atoms with Crippen LogP contribution in [0.5, 0.6) is 5.75 Å². The minimum atomic E-state index is 0.268. The monoisotopic (exact) mass is 422 g/mol. The Morgan fingerprint density at radius 2 is 1.68 bits per heavy atom. The molecule has 0 N–H and O–H groups in total. The van der Waals surface area contributed by atoms with E-state index in [1.165, 1.54) is 0 Å². The molecular weight excluding hydrogens is 396 g/mol. The van der Waals surface area contributed by atoms with Crippen molar-refractivity contribution in [3.8, 4) is 17.2 Å². The minimum Gasteiger partial charge on any atom is -0.496 e. The van der Waals surface area contributed by atoms with Crippen LogP contribution in [0, 0.1) is 0 Å².